The highest BCUT2D eigenvalue weighted by atomic mass is 32.1. The number of aromatic nitrogens is 3. The first-order valence-corrected chi connectivity index (χ1v) is 9.84. The fourth-order valence-electron chi connectivity index (χ4n) is 3.30. The SMILES string of the molecule is Cc1c(C(=O)O)sc2ncnc(N(C)Cc3nc4c(s3)CCCC4)c12. The van der Waals surface area contributed by atoms with Gasteiger partial charge in [-0.15, -0.1) is 22.7 Å². The molecule has 1 aliphatic rings. The summed E-state index contributed by atoms with van der Waals surface area (Å²) in [7, 11) is 1.97. The fourth-order valence-corrected chi connectivity index (χ4v) is 5.49. The zero-order valence-corrected chi connectivity index (χ0v) is 15.7. The van der Waals surface area contributed by atoms with Crippen molar-refractivity contribution in [3.8, 4) is 0 Å². The van der Waals surface area contributed by atoms with Crippen LogP contribution in [0, 0.1) is 6.92 Å². The molecular weight excluding hydrogens is 356 g/mol. The van der Waals surface area contributed by atoms with Gasteiger partial charge in [-0.25, -0.2) is 19.7 Å². The summed E-state index contributed by atoms with van der Waals surface area (Å²) in [6.07, 6.45) is 6.20. The first-order valence-electron chi connectivity index (χ1n) is 8.20. The van der Waals surface area contributed by atoms with E-state index in [9.17, 15) is 9.90 Å². The largest absolute Gasteiger partial charge is 0.477 e. The minimum absolute atomic E-state index is 0.329. The number of thiophene rings is 1. The lowest BCUT2D eigenvalue weighted by Gasteiger charge is -2.17. The van der Waals surface area contributed by atoms with Gasteiger partial charge < -0.3 is 10.0 Å². The third-order valence-corrected chi connectivity index (χ3v) is 6.85. The number of fused-ring (bicyclic) bond motifs is 2. The van der Waals surface area contributed by atoms with E-state index in [1.165, 1.54) is 41.1 Å². The standard InChI is InChI=1S/C17H18N4O2S2/c1-9-13-15(18-8-19-16(13)25-14(9)17(22)23)21(2)7-12-20-10-5-3-4-6-11(10)24-12/h8H,3-7H2,1-2H3,(H,22,23). The monoisotopic (exact) mass is 374 g/mol. The van der Waals surface area contributed by atoms with Crippen molar-refractivity contribution >= 4 is 44.7 Å². The van der Waals surface area contributed by atoms with E-state index in [1.807, 2.05) is 18.9 Å². The number of hydrogen-bond donors (Lipinski definition) is 1. The Kier molecular flexibility index (Phi) is 4.16. The van der Waals surface area contributed by atoms with Gasteiger partial charge in [-0.05, 0) is 38.2 Å². The minimum atomic E-state index is -0.915. The smallest absolute Gasteiger partial charge is 0.346 e. The maximum Gasteiger partial charge on any atom is 0.346 e. The zero-order valence-electron chi connectivity index (χ0n) is 14.1. The Morgan fingerprint density at radius 1 is 1.28 bits per heavy atom. The summed E-state index contributed by atoms with van der Waals surface area (Å²) in [6, 6.07) is 0. The lowest BCUT2D eigenvalue weighted by atomic mass is 10.0. The maximum atomic E-state index is 11.4. The number of rotatable bonds is 4. The van der Waals surface area contributed by atoms with Gasteiger partial charge in [0.1, 0.15) is 26.9 Å². The number of anilines is 1. The van der Waals surface area contributed by atoms with Crippen LogP contribution in [0.25, 0.3) is 10.2 Å². The minimum Gasteiger partial charge on any atom is -0.477 e. The van der Waals surface area contributed by atoms with Crippen molar-refractivity contribution in [3.63, 3.8) is 0 Å². The van der Waals surface area contributed by atoms with Gasteiger partial charge >= 0.3 is 5.97 Å². The highest BCUT2D eigenvalue weighted by Crippen LogP contribution is 2.35. The molecule has 1 aliphatic carbocycles. The number of nitrogens with zero attached hydrogens (tertiary/aromatic N) is 4. The number of thiazole rings is 1. The quantitative estimate of drug-likeness (QED) is 0.751. The number of aromatic carboxylic acids is 1. The van der Waals surface area contributed by atoms with Crippen LogP contribution in [0.4, 0.5) is 5.82 Å². The molecule has 8 heteroatoms. The highest BCUT2D eigenvalue weighted by Gasteiger charge is 2.21. The van der Waals surface area contributed by atoms with Gasteiger partial charge in [-0.2, -0.15) is 0 Å². The second-order valence-corrected chi connectivity index (χ2v) is 8.45. The van der Waals surface area contributed by atoms with Crippen LogP contribution in [-0.4, -0.2) is 33.1 Å². The Balaban J connectivity index is 1.69. The molecule has 0 fully saturated rings. The summed E-state index contributed by atoms with van der Waals surface area (Å²) in [5, 5.41) is 11.3. The van der Waals surface area contributed by atoms with E-state index in [0.717, 1.165) is 34.6 Å². The van der Waals surface area contributed by atoms with Crippen molar-refractivity contribution in [2.45, 2.75) is 39.2 Å². The van der Waals surface area contributed by atoms with Gasteiger partial charge in [0.25, 0.3) is 0 Å². The molecule has 0 atom stereocenters. The molecule has 6 nitrogen and oxygen atoms in total. The van der Waals surface area contributed by atoms with E-state index in [4.69, 9.17) is 4.98 Å². The van der Waals surface area contributed by atoms with Crippen LogP contribution < -0.4 is 4.90 Å². The molecule has 0 unspecified atom stereocenters. The summed E-state index contributed by atoms with van der Waals surface area (Å²) < 4.78 is 0. The first-order chi connectivity index (χ1) is 12.0. The van der Waals surface area contributed by atoms with Crippen LogP contribution >= 0.6 is 22.7 Å². The lowest BCUT2D eigenvalue weighted by molar-refractivity contribution is 0.0701. The van der Waals surface area contributed by atoms with Gasteiger partial charge in [0, 0.05) is 11.9 Å². The van der Waals surface area contributed by atoms with E-state index in [0.29, 0.717) is 16.3 Å². The molecule has 130 valence electrons. The van der Waals surface area contributed by atoms with Crippen LogP contribution in [-0.2, 0) is 19.4 Å². The Hall–Kier alpha value is -2.06. The Bertz CT molecular complexity index is 940. The van der Waals surface area contributed by atoms with E-state index < -0.39 is 5.97 Å². The van der Waals surface area contributed by atoms with Gasteiger partial charge in [0.15, 0.2) is 0 Å². The molecule has 0 radical (unpaired) electrons. The van der Waals surface area contributed by atoms with Crippen molar-refractivity contribution in [2.24, 2.45) is 0 Å². The topological polar surface area (TPSA) is 79.2 Å². The lowest BCUT2D eigenvalue weighted by Crippen LogP contribution is -2.18. The molecule has 25 heavy (non-hydrogen) atoms. The molecule has 0 spiro atoms. The number of hydrogen-bond acceptors (Lipinski definition) is 7. The van der Waals surface area contributed by atoms with Crippen molar-refractivity contribution in [1.29, 1.82) is 0 Å². The molecule has 3 heterocycles. The fraction of sp³-hybridized carbons (Fsp3) is 0.412. The van der Waals surface area contributed by atoms with Gasteiger partial charge in [-0.1, -0.05) is 0 Å². The molecule has 0 bridgehead atoms. The summed E-state index contributed by atoms with van der Waals surface area (Å²) in [4.78, 5) is 29.4. The molecule has 0 saturated carbocycles. The van der Waals surface area contributed by atoms with Crippen molar-refractivity contribution < 1.29 is 9.90 Å². The Morgan fingerprint density at radius 3 is 2.84 bits per heavy atom. The summed E-state index contributed by atoms with van der Waals surface area (Å²) in [6.45, 7) is 2.49. The molecule has 4 rings (SSSR count). The molecule has 1 N–H and O–H groups in total. The van der Waals surface area contributed by atoms with Crippen molar-refractivity contribution in [2.75, 3.05) is 11.9 Å². The van der Waals surface area contributed by atoms with Crippen LogP contribution in [0.1, 0.15) is 43.7 Å². The molecular formula is C17H18N4O2S2. The number of carboxylic acid groups (broad SMARTS) is 1. The molecule has 3 aromatic rings. The predicted octanol–water partition coefficient (Wildman–Crippen LogP) is 3.67. The normalized spacial score (nSPS) is 13.8. The average Bonchev–Trinajstić information content (AvgIpc) is 3.15. The second kappa shape index (κ2) is 6.34. The number of carbonyl (C=O) groups is 1. The molecule has 0 saturated heterocycles. The summed E-state index contributed by atoms with van der Waals surface area (Å²) in [5.41, 5.74) is 1.99. The molecule has 0 aliphatic heterocycles. The van der Waals surface area contributed by atoms with E-state index >= 15 is 0 Å². The van der Waals surface area contributed by atoms with Gasteiger partial charge in [-0.3, -0.25) is 0 Å². The second-order valence-electron chi connectivity index (χ2n) is 6.28. The van der Waals surface area contributed by atoms with Crippen molar-refractivity contribution in [3.05, 3.63) is 32.3 Å². The summed E-state index contributed by atoms with van der Waals surface area (Å²) >= 11 is 2.99. The van der Waals surface area contributed by atoms with Crippen molar-refractivity contribution in [1.82, 2.24) is 15.0 Å². The average molecular weight is 374 g/mol. The van der Waals surface area contributed by atoms with Gasteiger partial charge in [0.05, 0.1) is 17.6 Å². The van der Waals surface area contributed by atoms with Crippen LogP contribution in [0.2, 0.25) is 0 Å². The number of aryl methyl sites for hydroxylation is 3. The van der Waals surface area contributed by atoms with E-state index in [1.54, 1.807) is 11.3 Å². The third-order valence-electron chi connectivity index (χ3n) is 4.53. The maximum absolute atomic E-state index is 11.4. The molecule has 0 aromatic carbocycles. The zero-order chi connectivity index (χ0) is 17.6. The van der Waals surface area contributed by atoms with E-state index in [-0.39, 0.29) is 0 Å². The summed E-state index contributed by atoms with van der Waals surface area (Å²) in [5.74, 6) is -0.152. The van der Waals surface area contributed by atoms with Crippen LogP contribution in [0.15, 0.2) is 6.33 Å². The number of carboxylic acids is 1. The highest BCUT2D eigenvalue weighted by molar-refractivity contribution is 7.20. The Labute approximate surface area is 153 Å². The first kappa shape index (κ1) is 16.4. The van der Waals surface area contributed by atoms with Gasteiger partial charge in [0.2, 0.25) is 0 Å². The Morgan fingerprint density at radius 2 is 2.08 bits per heavy atom. The van der Waals surface area contributed by atoms with Crippen LogP contribution in [0.5, 0.6) is 0 Å². The molecule has 0 amide bonds. The molecule has 3 aromatic heterocycles. The third kappa shape index (κ3) is 2.89. The van der Waals surface area contributed by atoms with Crippen LogP contribution in [0.3, 0.4) is 0 Å². The van der Waals surface area contributed by atoms with E-state index in [2.05, 4.69) is 9.97 Å². The predicted molar refractivity (Wildman–Crippen MR) is 100.0 cm³/mol.